The minimum Gasteiger partial charge on any atom is -0.345 e. The Morgan fingerprint density at radius 2 is 2.08 bits per heavy atom. The Balaban J connectivity index is 3.98. The van der Waals surface area contributed by atoms with E-state index >= 15 is 0 Å². The summed E-state index contributed by atoms with van der Waals surface area (Å²) in [7, 11) is 0. The van der Waals surface area contributed by atoms with Gasteiger partial charge in [0.2, 0.25) is 5.91 Å². The van der Waals surface area contributed by atoms with Crippen molar-refractivity contribution in [1.82, 2.24) is 5.32 Å². The first-order valence-electron chi connectivity index (χ1n) is 4.17. The summed E-state index contributed by atoms with van der Waals surface area (Å²) in [5.41, 5.74) is 5.39. The van der Waals surface area contributed by atoms with Crippen LogP contribution in [0.3, 0.4) is 0 Å². The lowest BCUT2D eigenvalue weighted by Crippen LogP contribution is -2.47. The Bertz CT molecular complexity index is 197. The van der Waals surface area contributed by atoms with Crippen LogP contribution in [0.15, 0.2) is 0 Å². The van der Waals surface area contributed by atoms with Crippen molar-refractivity contribution in [2.45, 2.75) is 32.4 Å². The van der Waals surface area contributed by atoms with E-state index in [0.717, 1.165) is 0 Å². The van der Waals surface area contributed by atoms with Crippen LogP contribution in [0.1, 0.15) is 20.3 Å². The van der Waals surface area contributed by atoms with Gasteiger partial charge in [0.05, 0.1) is 12.1 Å². The number of alkyl halides is 1. The van der Waals surface area contributed by atoms with Crippen LogP contribution >= 0.6 is 0 Å². The molecule has 0 fully saturated rings. The Morgan fingerprint density at radius 1 is 1.54 bits per heavy atom. The zero-order chi connectivity index (χ0) is 10.4. The molecule has 0 spiro atoms. The van der Waals surface area contributed by atoms with E-state index in [0.29, 0.717) is 6.42 Å². The Labute approximate surface area is 76.7 Å². The van der Waals surface area contributed by atoms with Crippen LogP contribution in [0.2, 0.25) is 0 Å². The molecule has 1 amide bonds. The van der Waals surface area contributed by atoms with Gasteiger partial charge in [-0.1, -0.05) is 6.92 Å². The second-order valence-corrected chi connectivity index (χ2v) is 2.84. The maximum absolute atomic E-state index is 11.8. The Hall–Kier alpha value is -0.970. The average Bonchev–Trinajstić information content (AvgIpc) is 2.14. The molecule has 0 rings (SSSR count). The van der Waals surface area contributed by atoms with Gasteiger partial charge in [-0.05, 0) is 13.3 Å². The van der Waals surface area contributed by atoms with Crippen molar-refractivity contribution < 1.29 is 14.0 Å². The number of rotatable bonds is 5. The number of carbonyl (C=O) groups excluding carboxylic acids is 2. The number of carbonyl (C=O) groups is 2. The van der Waals surface area contributed by atoms with E-state index in [1.807, 2.05) is 0 Å². The summed E-state index contributed by atoms with van der Waals surface area (Å²) >= 11 is 0. The molecule has 0 saturated carbocycles. The molecule has 0 bridgehead atoms. The predicted molar refractivity (Wildman–Crippen MR) is 46.9 cm³/mol. The van der Waals surface area contributed by atoms with Gasteiger partial charge in [-0.25, -0.2) is 4.39 Å². The maximum Gasteiger partial charge on any atom is 0.237 e. The fourth-order valence-corrected chi connectivity index (χ4v) is 0.702. The van der Waals surface area contributed by atoms with Crippen molar-refractivity contribution >= 4 is 11.7 Å². The molecule has 5 heteroatoms. The lowest BCUT2D eigenvalue weighted by atomic mass is 10.2. The minimum atomic E-state index is -1.07. The van der Waals surface area contributed by atoms with E-state index in [9.17, 15) is 14.0 Å². The molecule has 0 saturated heterocycles. The fourth-order valence-electron chi connectivity index (χ4n) is 0.702. The molecule has 0 aromatic carbocycles. The molecular formula is C8H15FN2O2. The number of hydrogen-bond acceptors (Lipinski definition) is 3. The van der Waals surface area contributed by atoms with E-state index in [1.54, 1.807) is 6.92 Å². The van der Waals surface area contributed by atoms with Crippen molar-refractivity contribution in [2.75, 3.05) is 6.67 Å². The number of nitrogens with two attached hydrogens (primary N) is 1. The number of Topliss-reactive ketones (excluding diaryl/α,β-unsaturated/α-hetero) is 1. The van der Waals surface area contributed by atoms with Crippen LogP contribution in [0.4, 0.5) is 4.39 Å². The van der Waals surface area contributed by atoms with Gasteiger partial charge in [0.25, 0.3) is 0 Å². The molecule has 0 aromatic heterocycles. The van der Waals surface area contributed by atoms with Crippen LogP contribution in [0.5, 0.6) is 0 Å². The van der Waals surface area contributed by atoms with Gasteiger partial charge in [-0.15, -0.1) is 0 Å². The fraction of sp³-hybridized carbons (Fsp3) is 0.750. The molecule has 0 radical (unpaired) electrons. The first kappa shape index (κ1) is 12.0. The largest absolute Gasteiger partial charge is 0.345 e. The van der Waals surface area contributed by atoms with Gasteiger partial charge in [-0.3, -0.25) is 9.59 Å². The highest BCUT2D eigenvalue weighted by molar-refractivity contribution is 5.90. The molecule has 0 heterocycles. The van der Waals surface area contributed by atoms with Crippen molar-refractivity contribution in [3.05, 3.63) is 0 Å². The maximum atomic E-state index is 11.8. The molecule has 1 unspecified atom stereocenters. The topological polar surface area (TPSA) is 72.2 Å². The van der Waals surface area contributed by atoms with Gasteiger partial charge < -0.3 is 11.1 Å². The molecule has 2 atom stereocenters. The molecule has 13 heavy (non-hydrogen) atoms. The molecule has 4 nitrogen and oxygen atoms in total. The van der Waals surface area contributed by atoms with Crippen LogP contribution in [-0.4, -0.2) is 30.4 Å². The summed E-state index contributed by atoms with van der Waals surface area (Å²) in [6, 6.07) is -1.43. The van der Waals surface area contributed by atoms with E-state index < -0.39 is 30.4 Å². The van der Waals surface area contributed by atoms with Gasteiger partial charge in [0.1, 0.15) is 6.67 Å². The van der Waals surface area contributed by atoms with Crippen molar-refractivity contribution in [3.8, 4) is 0 Å². The number of ketones is 1. The van der Waals surface area contributed by atoms with E-state index in [2.05, 4.69) is 5.32 Å². The number of amides is 1. The first-order valence-corrected chi connectivity index (χ1v) is 4.17. The number of halogens is 1. The van der Waals surface area contributed by atoms with Crippen LogP contribution in [0.25, 0.3) is 0 Å². The normalized spacial score (nSPS) is 14.8. The highest BCUT2D eigenvalue weighted by Crippen LogP contribution is 1.90. The molecule has 0 aliphatic carbocycles. The van der Waals surface area contributed by atoms with E-state index in [1.165, 1.54) is 6.92 Å². The summed E-state index contributed by atoms with van der Waals surface area (Å²) in [5, 5.41) is 2.33. The van der Waals surface area contributed by atoms with Gasteiger partial charge in [-0.2, -0.15) is 0 Å². The standard InChI is InChI=1S/C8H15FN2O2/c1-3-6(10)8(13)11-5(2)7(12)4-9/h5-6H,3-4,10H2,1-2H3,(H,11,13)/t5-,6?/m0/s1. The highest BCUT2D eigenvalue weighted by Gasteiger charge is 2.18. The molecule has 0 aliphatic rings. The van der Waals surface area contributed by atoms with Gasteiger partial charge in [0.15, 0.2) is 5.78 Å². The molecule has 76 valence electrons. The number of nitrogens with one attached hydrogen (secondary N) is 1. The third-order valence-electron chi connectivity index (χ3n) is 1.75. The van der Waals surface area contributed by atoms with Crippen LogP contribution in [0, 0.1) is 0 Å². The second-order valence-electron chi connectivity index (χ2n) is 2.84. The second kappa shape index (κ2) is 5.64. The van der Waals surface area contributed by atoms with Gasteiger partial charge >= 0.3 is 0 Å². The third-order valence-corrected chi connectivity index (χ3v) is 1.75. The molecular weight excluding hydrogens is 175 g/mol. The molecule has 0 aromatic rings. The first-order chi connectivity index (χ1) is 6.02. The quantitative estimate of drug-likeness (QED) is 0.628. The summed E-state index contributed by atoms with van der Waals surface area (Å²) in [4.78, 5) is 21.8. The van der Waals surface area contributed by atoms with E-state index in [-0.39, 0.29) is 0 Å². The van der Waals surface area contributed by atoms with Crippen LogP contribution in [-0.2, 0) is 9.59 Å². The molecule has 3 N–H and O–H groups in total. The lowest BCUT2D eigenvalue weighted by Gasteiger charge is -2.14. The van der Waals surface area contributed by atoms with Crippen molar-refractivity contribution in [3.63, 3.8) is 0 Å². The summed E-state index contributed by atoms with van der Waals surface area (Å²) in [5.74, 6) is -1.06. The van der Waals surface area contributed by atoms with Crippen molar-refractivity contribution in [2.24, 2.45) is 5.73 Å². The minimum absolute atomic E-state index is 0.420. The highest BCUT2D eigenvalue weighted by atomic mass is 19.1. The average molecular weight is 190 g/mol. The van der Waals surface area contributed by atoms with Gasteiger partial charge in [0, 0.05) is 0 Å². The monoisotopic (exact) mass is 190 g/mol. The Kier molecular flexibility index (Phi) is 5.22. The van der Waals surface area contributed by atoms with Crippen molar-refractivity contribution in [1.29, 1.82) is 0 Å². The summed E-state index contributed by atoms with van der Waals surface area (Å²) in [6.45, 7) is 2.12. The molecule has 0 aliphatic heterocycles. The zero-order valence-corrected chi connectivity index (χ0v) is 7.84. The lowest BCUT2D eigenvalue weighted by molar-refractivity contribution is -0.128. The zero-order valence-electron chi connectivity index (χ0n) is 7.84. The smallest absolute Gasteiger partial charge is 0.237 e. The summed E-state index contributed by atoms with van der Waals surface area (Å²) in [6.07, 6.45) is 0.488. The van der Waals surface area contributed by atoms with E-state index in [4.69, 9.17) is 5.73 Å². The number of hydrogen-bond donors (Lipinski definition) is 2. The Morgan fingerprint density at radius 3 is 2.46 bits per heavy atom. The third kappa shape index (κ3) is 3.98. The van der Waals surface area contributed by atoms with Crippen LogP contribution < -0.4 is 11.1 Å². The SMILES string of the molecule is CCC(N)C(=O)N[C@@H](C)C(=O)CF. The predicted octanol–water partition coefficient (Wildman–Crippen LogP) is -0.233. The summed E-state index contributed by atoms with van der Waals surface area (Å²) < 4.78 is 11.8.